The Morgan fingerprint density at radius 3 is 1.04 bits per heavy atom. The molecule has 454 valence electrons. The summed E-state index contributed by atoms with van der Waals surface area (Å²) in [6.07, 6.45) is 0. The highest BCUT2D eigenvalue weighted by Crippen LogP contribution is 2.45. The fourth-order valence-corrected chi connectivity index (χ4v) is 19.5. The average molecular weight is 1300 g/mol. The number of nitrogens with zero attached hydrogens (tertiary/aromatic N) is 5. The van der Waals surface area contributed by atoms with Crippen LogP contribution in [-0.2, 0) is 0 Å². The van der Waals surface area contributed by atoms with E-state index in [2.05, 4.69) is 323 Å². The average Bonchev–Trinajstić information content (AvgIpc) is 1.58. The largest absolute Gasteiger partial charge is 0.309 e. The number of hydrogen-bond donors (Lipinski definition) is 0. The number of benzene rings is 15. The van der Waals surface area contributed by atoms with Crippen LogP contribution < -0.4 is 0 Å². The van der Waals surface area contributed by atoms with Crippen molar-refractivity contribution in [2.75, 3.05) is 0 Å². The molecule has 5 nitrogen and oxygen atoms in total. The van der Waals surface area contributed by atoms with Crippen molar-refractivity contribution in [3.8, 4) is 62.0 Å². The van der Waals surface area contributed by atoms with Gasteiger partial charge in [-0.1, -0.05) is 182 Å². The van der Waals surface area contributed by atoms with Gasteiger partial charge in [0.15, 0.2) is 0 Å². The summed E-state index contributed by atoms with van der Waals surface area (Å²) < 4.78 is 15.0. The molecule has 0 amide bonds. The van der Waals surface area contributed by atoms with Crippen molar-refractivity contribution in [1.82, 2.24) is 23.7 Å². The molecule has 15 aromatic carbocycles. The van der Waals surface area contributed by atoms with Crippen LogP contribution in [0.2, 0.25) is 0 Å². The van der Waals surface area contributed by atoms with Crippen LogP contribution in [0.5, 0.6) is 0 Å². The molecule has 0 N–H and O–H groups in total. The Balaban J connectivity index is 0.699. The number of fused-ring (bicyclic) bond motifs is 20. The fourth-order valence-electron chi connectivity index (χ4n) is 16.0. The van der Waals surface area contributed by atoms with E-state index in [1.807, 2.05) is 34.0 Å². The summed E-state index contributed by atoms with van der Waals surface area (Å²) >= 11 is 5.59. The minimum absolute atomic E-state index is 0.620. The van der Waals surface area contributed by atoms with Crippen LogP contribution in [0.25, 0.3) is 210 Å². The molecular formula is C90H51N5S3. The Morgan fingerprint density at radius 2 is 0.551 bits per heavy atom. The maximum absolute atomic E-state index is 5.81. The topological polar surface area (TPSA) is 40.6 Å². The maximum atomic E-state index is 5.81. The molecule has 0 spiro atoms. The van der Waals surface area contributed by atoms with Gasteiger partial charge in [-0.25, -0.2) is 9.97 Å². The Bertz CT molecular complexity index is 7210. The SMILES string of the molecule is c1ccc2c(c1)sc1cc(-c3ccc4c(c3)c3ccccc3n4-c3ccc4cc(-c5nc(-n6c7ccccc7c7cc(-c8ccc9c(c8)sc8ccccc89)ccc76)nc6ccc(-n7c8ccccc8c8cc(-c9ccc%10c(c9)sc9ccccc9%10)ccc87)cc56)ccc4c3)ccc12. The summed E-state index contributed by atoms with van der Waals surface area (Å²) in [4.78, 5) is 11.4. The zero-order valence-electron chi connectivity index (χ0n) is 52.4. The molecule has 0 fully saturated rings. The first-order chi connectivity index (χ1) is 48.5. The van der Waals surface area contributed by atoms with Crippen LogP contribution >= 0.6 is 34.0 Å². The number of thiophene rings is 3. The van der Waals surface area contributed by atoms with Crippen LogP contribution in [0, 0.1) is 0 Å². The van der Waals surface area contributed by atoms with E-state index in [4.69, 9.17) is 9.97 Å². The number of para-hydroxylation sites is 3. The highest BCUT2D eigenvalue weighted by Gasteiger charge is 2.23. The van der Waals surface area contributed by atoms with Crippen molar-refractivity contribution in [3.63, 3.8) is 0 Å². The Kier molecular flexibility index (Phi) is 11.5. The van der Waals surface area contributed by atoms with E-state index < -0.39 is 0 Å². The highest BCUT2D eigenvalue weighted by molar-refractivity contribution is 7.26. The lowest BCUT2D eigenvalue weighted by Crippen LogP contribution is -2.04. The molecular weight excluding hydrogens is 1250 g/mol. The molecule has 0 saturated carbocycles. The van der Waals surface area contributed by atoms with Gasteiger partial charge >= 0.3 is 0 Å². The monoisotopic (exact) mass is 1300 g/mol. The van der Waals surface area contributed by atoms with Gasteiger partial charge in [0.1, 0.15) is 0 Å². The second-order valence-electron chi connectivity index (χ2n) is 26.0. The third-order valence-electron chi connectivity index (χ3n) is 20.6. The summed E-state index contributed by atoms with van der Waals surface area (Å²) in [6.45, 7) is 0. The van der Waals surface area contributed by atoms with Gasteiger partial charge in [0.05, 0.1) is 44.3 Å². The Hall–Kier alpha value is -12.0. The van der Waals surface area contributed by atoms with Crippen molar-refractivity contribution in [2.45, 2.75) is 0 Å². The summed E-state index contributed by atoms with van der Waals surface area (Å²) in [7, 11) is 0. The number of aromatic nitrogens is 5. The van der Waals surface area contributed by atoms with Crippen LogP contribution in [0.15, 0.2) is 309 Å². The zero-order valence-corrected chi connectivity index (χ0v) is 54.9. The van der Waals surface area contributed by atoms with E-state index in [1.54, 1.807) is 0 Å². The Morgan fingerprint density at radius 1 is 0.204 bits per heavy atom. The van der Waals surface area contributed by atoms with Gasteiger partial charge in [-0.2, -0.15) is 0 Å². The van der Waals surface area contributed by atoms with E-state index in [-0.39, 0.29) is 0 Å². The first-order valence-electron chi connectivity index (χ1n) is 33.2. The summed E-state index contributed by atoms with van der Waals surface area (Å²) in [5.74, 6) is 0.620. The maximum Gasteiger partial charge on any atom is 0.235 e. The number of rotatable bonds is 7. The van der Waals surface area contributed by atoms with Crippen molar-refractivity contribution < 1.29 is 0 Å². The third kappa shape index (κ3) is 8.11. The molecule has 0 aliphatic rings. The lowest BCUT2D eigenvalue weighted by Gasteiger charge is -2.15. The van der Waals surface area contributed by atoms with Crippen molar-refractivity contribution >= 4 is 182 Å². The molecule has 98 heavy (non-hydrogen) atoms. The minimum Gasteiger partial charge on any atom is -0.309 e. The molecule has 0 atom stereocenters. The lowest BCUT2D eigenvalue weighted by molar-refractivity contribution is 1.01. The molecule has 22 rings (SSSR count). The van der Waals surface area contributed by atoms with Gasteiger partial charge in [0.2, 0.25) is 5.95 Å². The first kappa shape index (κ1) is 54.2. The van der Waals surface area contributed by atoms with E-state index >= 15 is 0 Å². The normalized spacial score (nSPS) is 12.3. The molecule has 0 aliphatic carbocycles. The van der Waals surface area contributed by atoms with Crippen LogP contribution in [0.3, 0.4) is 0 Å². The Labute approximate surface area is 572 Å². The molecule has 0 bridgehead atoms. The second-order valence-corrected chi connectivity index (χ2v) is 29.3. The fraction of sp³-hybridized carbons (Fsp3) is 0. The molecule has 0 unspecified atom stereocenters. The molecule has 22 aromatic rings. The summed E-state index contributed by atoms with van der Waals surface area (Å²) in [6, 6.07) is 115. The molecule has 0 saturated heterocycles. The molecule has 8 heteroatoms. The van der Waals surface area contributed by atoms with E-state index in [1.165, 1.54) is 126 Å². The van der Waals surface area contributed by atoms with E-state index in [9.17, 15) is 0 Å². The van der Waals surface area contributed by atoms with Gasteiger partial charge < -0.3 is 9.13 Å². The van der Waals surface area contributed by atoms with Gasteiger partial charge in [0.25, 0.3) is 0 Å². The quantitative estimate of drug-likeness (QED) is 0.160. The molecule has 0 aliphatic heterocycles. The van der Waals surface area contributed by atoms with Crippen molar-refractivity contribution in [1.29, 1.82) is 0 Å². The summed E-state index contributed by atoms with van der Waals surface area (Å²) in [5.41, 5.74) is 18.8. The van der Waals surface area contributed by atoms with Gasteiger partial charge in [-0.05, 0) is 172 Å². The van der Waals surface area contributed by atoms with Crippen LogP contribution in [0.4, 0.5) is 0 Å². The molecule has 0 radical (unpaired) electrons. The standard InChI is InChI=1S/C90H51N5S3/c1-7-19-77-63(13-1)72-45-54(57-28-36-69-66-16-4-10-22-83(66)96-86(69)48-57)31-40-80(72)93(77)61-34-27-52-43-60(26-25-53(52)44-61)89-75-51-62(94-78-20-8-2-14-64(78)73-46-55(32-41-81(73)94)58-29-37-70-67-17-5-11-23-84(67)97-87(70)49-58)35-39-76(75)91-90(92-89)95-79-21-9-3-15-65(79)74-47-56(33-42-82(74)95)59-30-38-71-68-18-6-12-24-85(68)98-88(71)50-59/h1-51H. The van der Waals surface area contributed by atoms with E-state index in [0.29, 0.717) is 5.95 Å². The predicted octanol–water partition coefficient (Wildman–Crippen LogP) is 25.8. The molecule has 7 heterocycles. The third-order valence-corrected chi connectivity index (χ3v) is 24.0. The van der Waals surface area contributed by atoms with Gasteiger partial charge in [-0.15, -0.1) is 34.0 Å². The smallest absolute Gasteiger partial charge is 0.235 e. The zero-order chi connectivity index (χ0) is 63.8. The van der Waals surface area contributed by atoms with Gasteiger partial charge in [0, 0.05) is 115 Å². The van der Waals surface area contributed by atoms with Crippen molar-refractivity contribution in [2.24, 2.45) is 0 Å². The van der Waals surface area contributed by atoms with Crippen LogP contribution in [-0.4, -0.2) is 23.7 Å². The predicted molar refractivity (Wildman–Crippen MR) is 420 cm³/mol. The molecule has 7 aromatic heterocycles. The summed E-state index contributed by atoms with van der Waals surface area (Å²) in [5, 5.41) is 18.3. The number of hydrogen-bond acceptors (Lipinski definition) is 5. The van der Waals surface area contributed by atoms with Gasteiger partial charge in [-0.3, -0.25) is 4.57 Å². The van der Waals surface area contributed by atoms with E-state index in [0.717, 1.165) is 77.1 Å². The first-order valence-corrected chi connectivity index (χ1v) is 35.7. The van der Waals surface area contributed by atoms with Crippen LogP contribution in [0.1, 0.15) is 0 Å². The highest BCUT2D eigenvalue weighted by atomic mass is 32.1. The minimum atomic E-state index is 0.620. The second kappa shape index (κ2) is 20.7. The van der Waals surface area contributed by atoms with Crippen molar-refractivity contribution in [3.05, 3.63) is 309 Å². The lowest BCUT2D eigenvalue weighted by atomic mass is 10.0.